The van der Waals surface area contributed by atoms with Crippen molar-refractivity contribution in [2.24, 2.45) is 0 Å². The minimum absolute atomic E-state index is 0.236. The number of hydrogen-bond donors (Lipinski definition) is 1. The highest BCUT2D eigenvalue weighted by molar-refractivity contribution is 7.94. The van der Waals surface area contributed by atoms with Gasteiger partial charge in [-0.3, -0.25) is 4.79 Å². The number of carbonyl (C=O) groups is 1. The second kappa shape index (κ2) is 11.5. The summed E-state index contributed by atoms with van der Waals surface area (Å²) >= 11 is 0. The van der Waals surface area contributed by atoms with Gasteiger partial charge in [0.2, 0.25) is 0 Å². The molecule has 0 saturated heterocycles. The Kier molecular flexibility index (Phi) is 10.9. The summed E-state index contributed by atoms with van der Waals surface area (Å²) in [5.74, 6) is -0.741. The van der Waals surface area contributed by atoms with Gasteiger partial charge in [-0.1, -0.05) is 44.8 Å². The molecule has 0 spiro atoms. The van der Waals surface area contributed by atoms with Crippen LogP contribution in [0.5, 0.6) is 0 Å². The molecule has 0 aromatic rings. The van der Waals surface area contributed by atoms with E-state index in [4.69, 9.17) is 5.11 Å². The van der Waals surface area contributed by atoms with Crippen LogP contribution in [0.15, 0.2) is 23.1 Å². The van der Waals surface area contributed by atoms with Crippen LogP contribution in [0, 0.1) is 0 Å². The monoisotopic (exact) mass is 316 g/mol. The summed E-state index contributed by atoms with van der Waals surface area (Å²) in [5, 5.41) is 8.51. The predicted octanol–water partition coefficient (Wildman–Crippen LogP) is 4.09. The van der Waals surface area contributed by atoms with Crippen LogP contribution in [0.1, 0.15) is 64.7 Å². The SMILES string of the molecule is CCC/C=C/C(=C\CCCCCCCC(=O)O)S(C)(=O)=O. The quantitative estimate of drug-likeness (QED) is 0.435. The zero-order valence-electron chi connectivity index (χ0n) is 13.2. The second-order valence-corrected chi connectivity index (χ2v) is 7.29. The fourth-order valence-corrected chi connectivity index (χ4v) is 2.67. The van der Waals surface area contributed by atoms with Gasteiger partial charge in [0.15, 0.2) is 9.84 Å². The van der Waals surface area contributed by atoms with Crippen LogP contribution in [0.25, 0.3) is 0 Å². The average molecular weight is 316 g/mol. The maximum Gasteiger partial charge on any atom is 0.303 e. The van der Waals surface area contributed by atoms with E-state index in [2.05, 4.69) is 6.92 Å². The Morgan fingerprint density at radius 3 is 2.24 bits per heavy atom. The van der Waals surface area contributed by atoms with Crippen molar-refractivity contribution in [3.8, 4) is 0 Å². The van der Waals surface area contributed by atoms with E-state index in [0.29, 0.717) is 4.91 Å². The number of aliphatic carboxylic acids is 1. The zero-order valence-corrected chi connectivity index (χ0v) is 14.0. The Balaban J connectivity index is 4.02. The van der Waals surface area contributed by atoms with Crippen LogP contribution < -0.4 is 0 Å². The number of sulfone groups is 1. The first-order chi connectivity index (χ1) is 9.88. The van der Waals surface area contributed by atoms with Crippen molar-refractivity contribution in [3.63, 3.8) is 0 Å². The van der Waals surface area contributed by atoms with Crippen molar-refractivity contribution in [1.29, 1.82) is 0 Å². The summed E-state index contributed by atoms with van der Waals surface area (Å²) in [6.07, 6.45) is 14.1. The molecule has 0 bridgehead atoms. The summed E-state index contributed by atoms with van der Waals surface area (Å²) in [6, 6.07) is 0. The van der Waals surface area contributed by atoms with Crippen molar-refractivity contribution in [2.45, 2.75) is 64.7 Å². The standard InChI is InChI=1S/C16H28O4S/c1-3-4-9-12-15(21(2,19)20)13-10-7-5-6-8-11-14-16(17)18/h9,12-13H,3-8,10-11,14H2,1-2H3,(H,17,18)/b12-9+,15-13+. The van der Waals surface area contributed by atoms with E-state index in [0.717, 1.165) is 51.4 Å². The smallest absolute Gasteiger partial charge is 0.303 e. The third kappa shape index (κ3) is 12.4. The first-order valence-electron chi connectivity index (χ1n) is 7.66. The highest BCUT2D eigenvalue weighted by Crippen LogP contribution is 2.13. The molecule has 0 fully saturated rings. The molecular formula is C16H28O4S. The molecule has 0 heterocycles. The van der Waals surface area contributed by atoms with Crippen molar-refractivity contribution in [3.05, 3.63) is 23.1 Å². The molecule has 0 unspecified atom stereocenters. The van der Waals surface area contributed by atoms with Crippen LogP contribution >= 0.6 is 0 Å². The molecule has 21 heavy (non-hydrogen) atoms. The van der Waals surface area contributed by atoms with Crippen LogP contribution in [0.3, 0.4) is 0 Å². The van der Waals surface area contributed by atoms with Gasteiger partial charge in [-0.2, -0.15) is 0 Å². The van der Waals surface area contributed by atoms with Gasteiger partial charge in [0.05, 0.1) is 4.91 Å². The first-order valence-corrected chi connectivity index (χ1v) is 9.55. The number of hydrogen-bond acceptors (Lipinski definition) is 3. The van der Waals surface area contributed by atoms with Gasteiger partial charge in [0, 0.05) is 12.7 Å². The normalized spacial score (nSPS) is 13.0. The molecule has 0 aromatic carbocycles. The fourth-order valence-electron chi connectivity index (χ4n) is 1.90. The molecule has 1 N–H and O–H groups in total. The van der Waals surface area contributed by atoms with E-state index < -0.39 is 15.8 Å². The molecule has 5 heteroatoms. The number of allylic oxidation sites excluding steroid dienone is 3. The summed E-state index contributed by atoms with van der Waals surface area (Å²) in [6.45, 7) is 2.05. The fraction of sp³-hybridized carbons (Fsp3) is 0.688. The van der Waals surface area contributed by atoms with E-state index in [-0.39, 0.29) is 6.42 Å². The van der Waals surface area contributed by atoms with E-state index in [1.165, 1.54) is 6.26 Å². The van der Waals surface area contributed by atoms with Crippen molar-refractivity contribution < 1.29 is 18.3 Å². The van der Waals surface area contributed by atoms with Crippen LogP contribution in [-0.4, -0.2) is 25.7 Å². The molecule has 0 atom stereocenters. The minimum Gasteiger partial charge on any atom is -0.481 e. The van der Waals surface area contributed by atoms with E-state index in [1.807, 2.05) is 6.08 Å². The molecular weight excluding hydrogens is 288 g/mol. The summed E-state index contributed by atoms with van der Waals surface area (Å²) in [4.78, 5) is 10.7. The molecule has 0 aliphatic heterocycles. The summed E-state index contributed by atoms with van der Waals surface area (Å²) < 4.78 is 23.2. The largest absolute Gasteiger partial charge is 0.481 e. The molecule has 0 radical (unpaired) electrons. The summed E-state index contributed by atoms with van der Waals surface area (Å²) in [7, 11) is -3.15. The highest BCUT2D eigenvalue weighted by atomic mass is 32.2. The van der Waals surface area contributed by atoms with Crippen LogP contribution in [0.2, 0.25) is 0 Å². The number of carboxylic acids is 1. The van der Waals surface area contributed by atoms with Crippen molar-refractivity contribution >= 4 is 15.8 Å². The van der Waals surface area contributed by atoms with E-state index in [1.54, 1.807) is 12.2 Å². The Morgan fingerprint density at radius 2 is 1.67 bits per heavy atom. The maximum atomic E-state index is 11.6. The second-order valence-electron chi connectivity index (χ2n) is 5.27. The lowest BCUT2D eigenvalue weighted by Crippen LogP contribution is -1.98. The zero-order chi connectivity index (χ0) is 16.1. The van der Waals surface area contributed by atoms with Gasteiger partial charge in [-0.15, -0.1) is 0 Å². The van der Waals surface area contributed by atoms with Crippen molar-refractivity contribution in [2.75, 3.05) is 6.26 Å². The molecule has 0 saturated carbocycles. The third-order valence-corrected chi connectivity index (χ3v) is 4.26. The first kappa shape index (κ1) is 19.9. The van der Waals surface area contributed by atoms with Gasteiger partial charge in [-0.25, -0.2) is 8.42 Å². The van der Waals surface area contributed by atoms with Crippen molar-refractivity contribution in [1.82, 2.24) is 0 Å². The highest BCUT2D eigenvalue weighted by Gasteiger charge is 2.06. The minimum atomic E-state index is -3.15. The average Bonchev–Trinajstić information content (AvgIpc) is 2.38. The van der Waals surface area contributed by atoms with E-state index in [9.17, 15) is 13.2 Å². The third-order valence-electron chi connectivity index (χ3n) is 3.11. The molecule has 0 aliphatic rings. The van der Waals surface area contributed by atoms with Gasteiger partial charge in [0.25, 0.3) is 0 Å². The summed E-state index contributed by atoms with van der Waals surface area (Å²) in [5.41, 5.74) is 0. The topological polar surface area (TPSA) is 71.4 Å². The Morgan fingerprint density at radius 1 is 1.05 bits per heavy atom. The van der Waals surface area contributed by atoms with Gasteiger partial charge < -0.3 is 5.11 Å². The predicted molar refractivity (Wildman–Crippen MR) is 86.9 cm³/mol. The number of rotatable bonds is 12. The van der Waals surface area contributed by atoms with Gasteiger partial charge in [-0.05, 0) is 31.8 Å². The number of carboxylic acid groups (broad SMARTS) is 1. The van der Waals surface area contributed by atoms with Crippen LogP contribution in [0.4, 0.5) is 0 Å². The van der Waals surface area contributed by atoms with Gasteiger partial charge >= 0.3 is 5.97 Å². The Labute approximate surface area is 128 Å². The molecule has 122 valence electrons. The lowest BCUT2D eigenvalue weighted by Gasteiger charge is -2.01. The van der Waals surface area contributed by atoms with Crippen LogP contribution in [-0.2, 0) is 14.6 Å². The lowest BCUT2D eigenvalue weighted by atomic mass is 10.1. The van der Waals surface area contributed by atoms with E-state index >= 15 is 0 Å². The molecule has 0 rings (SSSR count). The maximum absolute atomic E-state index is 11.6. The molecule has 0 aliphatic carbocycles. The lowest BCUT2D eigenvalue weighted by molar-refractivity contribution is -0.137. The van der Waals surface area contributed by atoms with Gasteiger partial charge in [0.1, 0.15) is 0 Å². The number of unbranched alkanes of at least 4 members (excludes halogenated alkanes) is 6. The molecule has 0 amide bonds. The molecule has 0 aromatic heterocycles. The Hall–Kier alpha value is -1.10. The molecule has 4 nitrogen and oxygen atoms in total. The Bertz CT molecular complexity index is 447.